The number of hydrogen-bond acceptors (Lipinski definition) is 5. The standard InChI is InChI=1S/C15H21N3O3S/c1-19-12-7-9-5-4-6-10(17-18-15(16)22)8-11(9)13(20-2)14(12)21-3/h7H,4-6,8H2,1-3H3,(H3,16,18,22)/b17-10-. The van der Waals surface area contributed by atoms with E-state index in [1.807, 2.05) is 6.07 Å². The Bertz CT molecular complexity index is 602. The van der Waals surface area contributed by atoms with Gasteiger partial charge in [-0.25, -0.2) is 0 Å². The number of nitrogens with one attached hydrogen (secondary N) is 1. The van der Waals surface area contributed by atoms with Crippen molar-refractivity contribution in [2.75, 3.05) is 21.3 Å². The Morgan fingerprint density at radius 3 is 2.50 bits per heavy atom. The molecule has 1 aromatic rings. The molecule has 0 saturated heterocycles. The number of ether oxygens (including phenoxy) is 3. The molecule has 22 heavy (non-hydrogen) atoms. The highest BCUT2D eigenvalue weighted by atomic mass is 32.1. The Hall–Kier alpha value is -2.02. The highest BCUT2D eigenvalue weighted by molar-refractivity contribution is 7.80. The molecule has 1 aliphatic carbocycles. The molecule has 0 amide bonds. The van der Waals surface area contributed by atoms with E-state index in [9.17, 15) is 0 Å². The number of nitrogens with zero attached hydrogens (tertiary/aromatic N) is 1. The minimum absolute atomic E-state index is 0.163. The molecular formula is C15H21N3O3S. The number of hydrogen-bond donors (Lipinski definition) is 2. The van der Waals surface area contributed by atoms with E-state index >= 15 is 0 Å². The lowest BCUT2D eigenvalue weighted by Crippen LogP contribution is -2.25. The second-order valence-corrected chi connectivity index (χ2v) is 5.41. The first kappa shape index (κ1) is 16.4. The Labute approximate surface area is 135 Å². The van der Waals surface area contributed by atoms with Gasteiger partial charge in [0.25, 0.3) is 0 Å². The van der Waals surface area contributed by atoms with Crippen molar-refractivity contribution in [1.82, 2.24) is 5.43 Å². The van der Waals surface area contributed by atoms with Crippen LogP contribution in [0.5, 0.6) is 17.2 Å². The lowest BCUT2D eigenvalue weighted by Gasteiger charge is -2.18. The van der Waals surface area contributed by atoms with Gasteiger partial charge in [-0.1, -0.05) is 0 Å². The number of aryl methyl sites for hydroxylation is 1. The van der Waals surface area contributed by atoms with Crippen molar-refractivity contribution < 1.29 is 14.2 Å². The molecule has 0 spiro atoms. The average molecular weight is 323 g/mol. The van der Waals surface area contributed by atoms with Crippen LogP contribution in [0.4, 0.5) is 0 Å². The fraction of sp³-hybridized carbons (Fsp3) is 0.467. The second-order valence-electron chi connectivity index (χ2n) is 4.97. The summed E-state index contributed by atoms with van der Waals surface area (Å²) in [6.45, 7) is 0. The maximum absolute atomic E-state index is 5.58. The molecule has 1 aliphatic rings. The molecule has 0 bridgehead atoms. The van der Waals surface area contributed by atoms with Gasteiger partial charge in [-0.2, -0.15) is 5.10 Å². The summed E-state index contributed by atoms with van der Waals surface area (Å²) in [7, 11) is 4.86. The molecule has 0 aliphatic heterocycles. The van der Waals surface area contributed by atoms with Crippen LogP contribution < -0.4 is 25.4 Å². The summed E-state index contributed by atoms with van der Waals surface area (Å²) in [4.78, 5) is 0. The number of fused-ring (bicyclic) bond motifs is 1. The highest BCUT2D eigenvalue weighted by Gasteiger charge is 2.23. The van der Waals surface area contributed by atoms with Crippen LogP contribution in [-0.4, -0.2) is 32.2 Å². The van der Waals surface area contributed by atoms with Crippen LogP contribution in [0.25, 0.3) is 0 Å². The van der Waals surface area contributed by atoms with E-state index in [0.29, 0.717) is 23.7 Å². The molecule has 0 aromatic heterocycles. The molecule has 0 radical (unpaired) electrons. The number of nitrogens with two attached hydrogens (primary N) is 1. The predicted molar refractivity (Wildman–Crippen MR) is 90.1 cm³/mol. The van der Waals surface area contributed by atoms with Crippen molar-refractivity contribution in [1.29, 1.82) is 0 Å². The molecule has 6 nitrogen and oxygen atoms in total. The maximum Gasteiger partial charge on any atom is 0.203 e. The van der Waals surface area contributed by atoms with E-state index in [-0.39, 0.29) is 5.11 Å². The molecule has 2 rings (SSSR count). The Kier molecular flexibility index (Phi) is 5.43. The zero-order valence-electron chi connectivity index (χ0n) is 13.1. The molecule has 1 aromatic carbocycles. The lowest BCUT2D eigenvalue weighted by atomic mass is 10.00. The molecule has 0 saturated carbocycles. The fourth-order valence-corrected chi connectivity index (χ4v) is 2.73. The summed E-state index contributed by atoms with van der Waals surface area (Å²) in [5, 5.41) is 4.45. The van der Waals surface area contributed by atoms with Gasteiger partial charge in [0, 0.05) is 17.7 Å². The summed E-state index contributed by atoms with van der Waals surface area (Å²) in [6, 6.07) is 2.01. The molecule has 0 unspecified atom stereocenters. The number of hydrazone groups is 1. The highest BCUT2D eigenvalue weighted by Crippen LogP contribution is 2.43. The van der Waals surface area contributed by atoms with Crippen LogP contribution in [0.2, 0.25) is 0 Å². The number of rotatable bonds is 4. The van der Waals surface area contributed by atoms with E-state index in [2.05, 4.69) is 10.5 Å². The van der Waals surface area contributed by atoms with Gasteiger partial charge in [-0.05, 0) is 43.1 Å². The predicted octanol–water partition coefficient (Wildman–Crippen LogP) is 1.78. The van der Waals surface area contributed by atoms with Crippen molar-refractivity contribution in [3.8, 4) is 17.2 Å². The molecule has 0 heterocycles. The number of methoxy groups -OCH3 is 3. The first-order valence-electron chi connectivity index (χ1n) is 7.02. The van der Waals surface area contributed by atoms with Crippen LogP contribution >= 0.6 is 12.2 Å². The Balaban J connectivity index is 2.47. The van der Waals surface area contributed by atoms with Gasteiger partial charge in [0.1, 0.15) is 0 Å². The quantitative estimate of drug-likeness (QED) is 0.500. The molecule has 0 atom stereocenters. The average Bonchev–Trinajstić information content (AvgIpc) is 2.72. The third-order valence-corrected chi connectivity index (χ3v) is 3.73. The van der Waals surface area contributed by atoms with Crippen LogP contribution in [-0.2, 0) is 12.8 Å². The Morgan fingerprint density at radius 2 is 1.91 bits per heavy atom. The van der Waals surface area contributed by atoms with Gasteiger partial charge in [0.15, 0.2) is 16.6 Å². The monoisotopic (exact) mass is 323 g/mol. The van der Waals surface area contributed by atoms with Crippen LogP contribution in [0.15, 0.2) is 11.2 Å². The van der Waals surface area contributed by atoms with Crippen molar-refractivity contribution in [3.63, 3.8) is 0 Å². The summed E-state index contributed by atoms with van der Waals surface area (Å²) >= 11 is 4.80. The van der Waals surface area contributed by atoms with E-state index in [1.165, 1.54) is 5.56 Å². The van der Waals surface area contributed by atoms with E-state index < -0.39 is 0 Å². The number of thiocarbonyl (C=S) groups is 1. The number of benzene rings is 1. The smallest absolute Gasteiger partial charge is 0.203 e. The van der Waals surface area contributed by atoms with E-state index in [1.54, 1.807) is 21.3 Å². The molecule has 7 heteroatoms. The minimum Gasteiger partial charge on any atom is -0.493 e. The minimum atomic E-state index is 0.163. The van der Waals surface area contributed by atoms with Crippen LogP contribution in [0.1, 0.15) is 24.0 Å². The van der Waals surface area contributed by atoms with Gasteiger partial charge in [-0.15, -0.1) is 0 Å². The van der Waals surface area contributed by atoms with Gasteiger partial charge in [-0.3, -0.25) is 5.43 Å². The van der Waals surface area contributed by atoms with Crippen molar-refractivity contribution in [2.45, 2.75) is 25.7 Å². The van der Waals surface area contributed by atoms with Gasteiger partial charge in [0.2, 0.25) is 5.75 Å². The second kappa shape index (κ2) is 7.31. The first-order chi connectivity index (χ1) is 10.6. The van der Waals surface area contributed by atoms with Crippen LogP contribution in [0, 0.1) is 0 Å². The fourth-order valence-electron chi connectivity index (χ4n) is 2.69. The first-order valence-corrected chi connectivity index (χ1v) is 7.43. The van der Waals surface area contributed by atoms with Gasteiger partial charge >= 0.3 is 0 Å². The molecule has 3 N–H and O–H groups in total. The molecule has 120 valence electrons. The summed E-state index contributed by atoms with van der Waals surface area (Å²) < 4.78 is 16.4. The third-order valence-electron chi connectivity index (χ3n) is 3.64. The molecular weight excluding hydrogens is 302 g/mol. The Morgan fingerprint density at radius 1 is 1.18 bits per heavy atom. The van der Waals surface area contributed by atoms with Crippen molar-refractivity contribution >= 4 is 23.0 Å². The SMILES string of the molecule is COc1cc2c(c(OC)c1OC)C/C(=N\NC(N)=S)CCC2. The zero-order chi connectivity index (χ0) is 16.1. The summed E-state index contributed by atoms with van der Waals surface area (Å²) in [6.07, 6.45) is 3.45. The normalized spacial score (nSPS) is 15.7. The van der Waals surface area contributed by atoms with Gasteiger partial charge in [0.05, 0.1) is 21.3 Å². The van der Waals surface area contributed by atoms with E-state index in [4.69, 9.17) is 32.2 Å². The van der Waals surface area contributed by atoms with Crippen molar-refractivity contribution in [3.05, 3.63) is 17.2 Å². The maximum atomic E-state index is 5.58. The van der Waals surface area contributed by atoms with Crippen LogP contribution in [0.3, 0.4) is 0 Å². The van der Waals surface area contributed by atoms with E-state index in [0.717, 1.165) is 30.5 Å². The molecule has 0 fully saturated rings. The topological polar surface area (TPSA) is 78.1 Å². The van der Waals surface area contributed by atoms with Crippen molar-refractivity contribution in [2.24, 2.45) is 10.8 Å². The lowest BCUT2D eigenvalue weighted by molar-refractivity contribution is 0.322. The summed E-state index contributed by atoms with van der Waals surface area (Å²) in [5.41, 5.74) is 11.3. The third kappa shape index (κ3) is 3.41. The largest absolute Gasteiger partial charge is 0.493 e. The zero-order valence-corrected chi connectivity index (χ0v) is 13.9. The summed E-state index contributed by atoms with van der Waals surface area (Å²) in [5.74, 6) is 1.98. The van der Waals surface area contributed by atoms with Gasteiger partial charge < -0.3 is 19.9 Å².